The van der Waals surface area contributed by atoms with Gasteiger partial charge in [0.1, 0.15) is 24.1 Å². The van der Waals surface area contributed by atoms with Crippen molar-refractivity contribution in [3.05, 3.63) is 0 Å². The van der Waals surface area contributed by atoms with Gasteiger partial charge in [0.2, 0.25) is 0 Å². The van der Waals surface area contributed by atoms with Gasteiger partial charge in [0.15, 0.2) is 12.6 Å². The molecule has 0 aliphatic carbocycles. The molecule has 18 atom stereocenters. The third-order valence-corrected chi connectivity index (χ3v) is 11.9. The van der Waals surface area contributed by atoms with Crippen molar-refractivity contribution in [2.75, 3.05) is 21.2 Å². The fourth-order valence-electron chi connectivity index (χ4n) is 8.60. The Kier molecular flexibility index (Phi) is 15.1. The van der Waals surface area contributed by atoms with Crippen molar-refractivity contribution >= 4 is 11.8 Å². The van der Waals surface area contributed by atoms with E-state index in [0.717, 1.165) is 0 Å². The van der Waals surface area contributed by atoms with E-state index in [0.29, 0.717) is 6.42 Å². The van der Waals surface area contributed by atoms with Crippen molar-refractivity contribution in [3.63, 3.8) is 0 Å². The second-order valence-corrected chi connectivity index (χ2v) is 17.0. The van der Waals surface area contributed by atoms with Gasteiger partial charge in [-0.1, -0.05) is 41.5 Å². The first kappa shape index (κ1) is 44.1. The molecule has 0 unspecified atom stereocenters. The van der Waals surface area contributed by atoms with Crippen molar-refractivity contribution in [1.29, 1.82) is 0 Å². The van der Waals surface area contributed by atoms with Gasteiger partial charge < -0.3 is 53.7 Å². The lowest BCUT2D eigenvalue weighted by atomic mass is 9.74. The molecule has 0 saturated carbocycles. The number of hydrogen-bond donors (Lipinski definition) is 4. The van der Waals surface area contributed by atoms with Crippen LogP contribution in [0.25, 0.3) is 0 Å². The van der Waals surface area contributed by atoms with Crippen molar-refractivity contribution in [3.8, 4) is 0 Å². The van der Waals surface area contributed by atoms with E-state index in [1.165, 1.54) is 7.11 Å². The van der Waals surface area contributed by atoms with E-state index in [-0.39, 0.29) is 36.7 Å². The van der Waals surface area contributed by atoms with Crippen LogP contribution in [0.2, 0.25) is 0 Å². The molecule has 0 aromatic rings. The molecule has 0 bridgehead atoms. The molecule has 0 aromatic heterocycles. The van der Waals surface area contributed by atoms with Crippen molar-refractivity contribution in [2.24, 2.45) is 35.5 Å². The first-order valence-corrected chi connectivity index (χ1v) is 18.8. The highest BCUT2D eigenvalue weighted by atomic mass is 16.7. The maximum absolute atomic E-state index is 14.2. The Morgan fingerprint density at radius 2 is 1.47 bits per heavy atom. The Morgan fingerprint density at radius 1 is 0.863 bits per heavy atom. The smallest absolute Gasteiger partial charge is 0.311 e. The minimum absolute atomic E-state index is 0.0498. The van der Waals surface area contributed by atoms with Gasteiger partial charge in [-0.25, -0.2) is 0 Å². The molecule has 298 valence electrons. The quantitative estimate of drug-likeness (QED) is 0.282. The van der Waals surface area contributed by atoms with Crippen LogP contribution in [0, 0.1) is 35.5 Å². The van der Waals surface area contributed by atoms with Crippen LogP contribution < -0.4 is 0 Å². The van der Waals surface area contributed by atoms with E-state index in [1.807, 2.05) is 39.8 Å². The van der Waals surface area contributed by atoms with Gasteiger partial charge in [0, 0.05) is 43.2 Å². The van der Waals surface area contributed by atoms with Crippen molar-refractivity contribution < 1.29 is 58.4 Å². The standard InChI is InChI=1S/C38H69NO12/c1-18(2)31-22(6)29(41)21(5)28(40)19(3)16-37(10,45)34(51-36-30(42)26(39(12)13)15-20(4)47-36)23(7)32(24(8)35(44)50-31)49-27-17-38(11,46-14)33(43)25(9)48-27/h18-27,29-34,36,41-43,45H,15-17H2,1-14H3/t19-,20-,21+,22-,23+,24-,25+,26+,27+,29-,30-,31-,32+,33+,34-,36+,37-,38-/m1/s1. The third-order valence-electron chi connectivity index (χ3n) is 11.9. The molecular weight excluding hydrogens is 662 g/mol. The molecule has 51 heavy (non-hydrogen) atoms. The molecule has 0 amide bonds. The number of aliphatic hydroxyl groups is 4. The summed E-state index contributed by atoms with van der Waals surface area (Å²) in [7, 11) is 5.24. The van der Waals surface area contributed by atoms with Crippen LogP contribution >= 0.6 is 0 Å². The average molecular weight is 732 g/mol. The summed E-state index contributed by atoms with van der Waals surface area (Å²) < 4.78 is 37.5. The maximum Gasteiger partial charge on any atom is 0.311 e. The molecular formula is C38H69NO12. The summed E-state index contributed by atoms with van der Waals surface area (Å²) in [6, 6.07) is -0.300. The Balaban J connectivity index is 2.18. The second kappa shape index (κ2) is 17.5. The van der Waals surface area contributed by atoms with E-state index in [9.17, 15) is 30.0 Å². The molecule has 0 radical (unpaired) electrons. The number of likely N-dealkylation sites (N-methyl/N-ethyl adjacent to an activating group) is 1. The number of aliphatic hydroxyl groups excluding tert-OH is 3. The van der Waals surface area contributed by atoms with Crippen LogP contribution in [0.1, 0.15) is 95.4 Å². The maximum atomic E-state index is 14.2. The lowest BCUT2D eigenvalue weighted by Crippen LogP contribution is -2.60. The van der Waals surface area contributed by atoms with Gasteiger partial charge in [-0.05, 0) is 67.5 Å². The number of hydrogen-bond acceptors (Lipinski definition) is 13. The zero-order valence-corrected chi connectivity index (χ0v) is 33.4. The number of cyclic esters (lactones) is 1. The van der Waals surface area contributed by atoms with E-state index in [4.69, 9.17) is 28.4 Å². The number of methoxy groups -OCH3 is 1. The monoisotopic (exact) mass is 731 g/mol. The first-order valence-electron chi connectivity index (χ1n) is 18.8. The highest BCUT2D eigenvalue weighted by Crippen LogP contribution is 2.40. The molecule has 3 heterocycles. The fourth-order valence-corrected chi connectivity index (χ4v) is 8.60. The van der Waals surface area contributed by atoms with Gasteiger partial charge in [-0.3, -0.25) is 9.59 Å². The summed E-state index contributed by atoms with van der Waals surface area (Å²) in [5.41, 5.74) is -2.74. The van der Waals surface area contributed by atoms with Gasteiger partial charge in [0.25, 0.3) is 0 Å². The summed E-state index contributed by atoms with van der Waals surface area (Å²) >= 11 is 0. The molecule has 13 heteroatoms. The number of Topliss-reactive ketones (excluding diaryl/α,β-unsaturated/α-hetero) is 1. The van der Waals surface area contributed by atoms with Crippen molar-refractivity contribution in [2.45, 2.75) is 174 Å². The Morgan fingerprint density at radius 3 is 2.02 bits per heavy atom. The summed E-state index contributed by atoms with van der Waals surface area (Å²) in [4.78, 5) is 29.9. The van der Waals surface area contributed by atoms with E-state index >= 15 is 0 Å². The van der Waals surface area contributed by atoms with E-state index < -0.39 is 102 Å². The summed E-state index contributed by atoms with van der Waals surface area (Å²) in [6.45, 7) is 19.4. The first-order chi connectivity index (χ1) is 23.5. The molecule has 3 aliphatic rings. The van der Waals surface area contributed by atoms with Crippen LogP contribution in [-0.2, 0) is 38.0 Å². The van der Waals surface area contributed by atoms with Gasteiger partial charge in [-0.15, -0.1) is 0 Å². The van der Waals surface area contributed by atoms with Crippen LogP contribution in [0.4, 0.5) is 0 Å². The van der Waals surface area contributed by atoms with Crippen molar-refractivity contribution in [1.82, 2.24) is 4.90 Å². The normalized spacial score (nSPS) is 48.4. The fraction of sp³-hybridized carbons (Fsp3) is 0.947. The second-order valence-electron chi connectivity index (χ2n) is 17.0. The topological polar surface area (TPSA) is 174 Å². The number of carbonyl (C=O) groups is 2. The largest absolute Gasteiger partial charge is 0.461 e. The van der Waals surface area contributed by atoms with Gasteiger partial charge >= 0.3 is 5.97 Å². The lowest BCUT2D eigenvalue weighted by Gasteiger charge is -2.49. The predicted molar refractivity (Wildman–Crippen MR) is 189 cm³/mol. The molecule has 3 saturated heterocycles. The molecule has 3 aliphatic heterocycles. The zero-order valence-electron chi connectivity index (χ0n) is 33.4. The number of ketones is 1. The molecule has 0 aromatic carbocycles. The minimum Gasteiger partial charge on any atom is -0.461 e. The van der Waals surface area contributed by atoms with Gasteiger partial charge in [-0.2, -0.15) is 0 Å². The van der Waals surface area contributed by atoms with E-state index in [2.05, 4.69) is 0 Å². The van der Waals surface area contributed by atoms with Crippen LogP contribution in [0.5, 0.6) is 0 Å². The zero-order chi connectivity index (χ0) is 38.9. The number of rotatable bonds is 7. The van der Waals surface area contributed by atoms with Crippen LogP contribution in [0.15, 0.2) is 0 Å². The molecule has 13 nitrogen and oxygen atoms in total. The highest BCUT2D eigenvalue weighted by molar-refractivity contribution is 5.83. The number of esters is 1. The van der Waals surface area contributed by atoms with Gasteiger partial charge in [0.05, 0.1) is 47.6 Å². The number of carbonyl (C=O) groups excluding carboxylic acids is 2. The van der Waals surface area contributed by atoms with Crippen LogP contribution in [-0.4, -0.2) is 137 Å². The third kappa shape index (κ3) is 9.89. The number of ether oxygens (including phenoxy) is 6. The average Bonchev–Trinajstić information content (AvgIpc) is 3.05. The SMILES string of the molecule is CO[C@]1(C)C[C@H](O[C@H]2[C@H](C)[C@@H](O[C@@H]3O[C@H](C)C[C@H](N(C)C)[C@H]3O)[C@](C)(O)C[C@@H](C)C(=O)[C@H](C)[C@@H](O)[C@@H](C)[C@@H](C(C)C)OC(=O)[C@@H]2C)O[C@@H](C)[C@@H]1O. The molecule has 0 spiro atoms. The minimum atomic E-state index is -1.73. The van der Waals surface area contributed by atoms with Crippen LogP contribution in [0.3, 0.4) is 0 Å². The number of nitrogens with zero attached hydrogens (tertiary/aromatic N) is 1. The highest BCUT2D eigenvalue weighted by Gasteiger charge is 2.52. The predicted octanol–water partition coefficient (Wildman–Crippen LogP) is 2.92. The summed E-state index contributed by atoms with van der Waals surface area (Å²) in [5, 5.41) is 46.2. The molecule has 3 rings (SSSR count). The molecule has 4 N–H and O–H groups in total. The Bertz CT molecular complexity index is 1150. The molecule has 3 fully saturated rings. The lowest BCUT2D eigenvalue weighted by molar-refractivity contribution is -0.317. The summed E-state index contributed by atoms with van der Waals surface area (Å²) in [6.07, 6.45) is -8.41. The summed E-state index contributed by atoms with van der Waals surface area (Å²) in [5.74, 6) is -4.84. The Labute approximate surface area is 305 Å². The van der Waals surface area contributed by atoms with E-state index in [1.54, 1.807) is 55.4 Å². The Hall–Kier alpha value is -1.26.